The van der Waals surface area contributed by atoms with Gasteiger partial charge in [0.1, 0.15) is 5.70 Å². The van der Waals surface area contributed by atoms with Crippen LogP contribution in [0.1, 0.15) is 23.1 Å². The van der Waals surface area contributed by atoms with E-state index in [2.05, 4.69) is 42.4 Å². The molecule has 1 N–H and O–H groups in total. The molecule has 1 fully saturated rings. The standard InChI is InChI=1S/C24H28N4O2/c1-17-8-9-19(3)22(16-17)26-12-14-27(15-13-26)24(30)20-10-11-23(29)28(25-20)21-7-5-4-6-18(21)2/h4-10,16,25H,11-15H2,1-3H3. The minimum absolute atomic E-state index is 0.0540. The number of hydrogen-bond donors (Lipinski definition) is 1. The van der Waals surface area contributed by atoms with Crippen LogP contribution in [0.15, 0.2) is 54.2 Å². The van der Waals surface area contributed by atoms with Crippen molar-refractivity contribution in [2.24, 2.45) is 0 Å². The molecule has 2 heterocycles. The normalized spacial score (nSPS) is 17.0. The van der Waals surface area contributed by atoms with E-state index in [1.54, 1.807) is 6.08 Å². The predicted octanol–water partition coefficient (Wildman–Crippen LogP) is 3.09. The summed E-state index contributed by atoms with van der Waals surface area (Å²) in [5.41, 5.74) is 9.03. The molecule has 0 atom stereocenters. The van der Waals surface area contributed by atoms with Crippen LogP contribution in [0.2, 0.25) is 0 Å². The number of piperazine rings is 1. The highest BCUT2D eigenvalue weighted by atomic mass is 16.2. The molecule has 0 bridgehead atoms. The maximum Gasteiger partial charge on any atom is 0.271 e. The molecule has 1 saturated heterocycles. The molecular formula is C24H28N4O2. The minimum Gasteiger partial charge on any atom is -0.368 e. The smallest absolute Gasteiger partial charge is 0.271 e. The maximum absolute atomic E-state index is 13.1. The Morgan fingerprint density at radius 3 is 2.33 bits per heavy atom. The van der Waals surface area contributed by atoms with Crippen LogP contribution in [0, 0.1) is 20.8 Å². The molecule has 0 saturated carbocycles. The molecule has 156 valence electrons. The van der Waals surface area contributed by atoms with Gasteiger partial charge < -0.3 is 9.80 Å². The molecule has 6 nitrogen and oxygen atoms in total. The summed E-state index contributed by atoms with van der Waals surface area (Å²) >= 11 is 0. The Morgan fingerprint density at radius 2 is 1.60 bits per heavy atom. The van der Waals surface area contributed by atoms with E-state index in [1.165, 1.54) is 21.8 Å². The molecule has 0 unspecified atom stereocenters. The van der Waals surface area contributed by atoms with Gasteiger partial charge in [0.15, 0.2) is 0 Å². The Morgan fingerprint density at radius 1 is 0.900 bits per heavy atom. The lowest BCUT2D eigenvalue weighted by Crippen LogP contribution is -2.54. The molecule has 0 aliphatic carbocycles. The van der Waals surface area contributed by atoms with Gasteiger partial charge in [0.05, 0.1) is 5.69 Å². The quantitative estimate of drug-likeness (QED) is 0.854. The van der Waals surface area contributed by atoms with E-state index in [0.717, 1.165) is 24.3 Å². The average Bonchev–Trinajstić information content (AvgIpc) is 2.76. The number of benzene rings is 2. The highest BCUT2D eigenvalue weighted by Crippen LogP contribution is 2.25. The Bertz CT molecular complexity index is 1010. The number of nitrogens with one attached hydrogen (secondary N) is 1. The molecular weight excluding hydrogens is 376 g/mol. The van der Waals surface area contributed by atoms with E-state index in [9.17, 15) is 9.59 Å². The fourth-order valence-electron chi connectivity index (χ4n) is 4.03. The second-order valence-corrected chi connectivity index (χ2v) is 8.02. The number of amides is 2. The van der Waals surface area contributed by atoms with E-state index in [1.807, 2.05) is 36.1 Å². The van der Waals surface area contributed by atoms with E-state index in [-0.39, 0.29) is 18.2 Å². The van der Waals surface area contributed by atoms with Crippen LogP contribution in [0.3, 0.4) is 0 Å². The third kappa shape index (κ3) is 3.90. The van der Waals surface area contributed by atoms with Crippen molar-refractivity contribution in [1.29, 1.82) is 0 Å². The number of carbonyl (C=O) groups excluding carboxylic acids is 2. The lowest BCUT2D eigenvalue weighted by atomic mass is 10.1. The molecule has 0 spiro atoms. The van der Waals surface area contributed by atoms with Crippen LogP contribution in [0.4, 0.5) is 11.4 Å². The molecule has 0 aromatic heterocycles. The number of hydrogen-bond acceptors (Lipinski definition) is 4. The van der Waals surface area contributed by atoms with Crippen molar-refractivity contribution in [1.82, 2.24) is 10.3 Å². The number of anilines is 2. The lowest BCUT2D eigenvalue weighted by molar-refractivity contribution is -0.128. The Balaban J connectivity index is 1.43. The lowest BCUT2D eigenvalue weighted by Gasteiger charge is -2.38. The number of hydrazine groups is 1. The van der Waals surface area contributed by atoms with Crippen LogP contribution < -0.4 is 15.3 Å². The van der Waals surface area contributed by atoms with E-state index in [0.29, 0.717) is 18.8 Å². The topological polar surface area (TPSA) is 55.9 Å². The van der Waals surface area contributed by atoms with Gasteiger partial charge in [-0.3, -0.25) is 15.0 Å². The number of rotatable bonds is 3. The second kappa shape index (κ2) is 8.22. The van der Waals surface area contributed by atoms with Gasteiger partial charge in [-0.1, -0.05) is 30.3 Å². The number of aryl methyl sites for hydroxylation is 3. The van der Waals surface area contributed by atoms with Crippen LogP contribution in [0.25, 0.3) is 0 Å². The molecule has 2 aliphatic rings. The minimum atomic E-state index is -0.0689. The van der Waals surface area contributed by atoms with Crippen molar-refractivity contribution in [2.75, 3.05) is 36.1 Å². The van der Waals surface area contributed by atoms with Crippen LogP contribution in [-0.4, -0.2) is 42.9 Å². The molecule has 30 heavy (non-hydrogen) atoms. The van der Waals surface area contributed by atoms with Gasteiger partial charge in [-0.2, -0.15) is 0 Å². The zero-order valence-electron chi connectivity index (χ0n) is 17.8. The van der Waals surface area contributed by atoms with Crippen molar-refractivity contribution in [3.05, 3.63) is 70.9 Å². The first kappa shape index (κ1) is 20.0. The first-order valence-electron chi connectivity index (χ1n) is 10.4. The van der Waals surface area contributed by atoms with Gasteiger partial charge >= 0.3 is 0 Å². The molecule has 2 aromatic rings. The summed E-state index contributed by atoms with van der Waals surface area (Å²) in [7, 11) is 0. The monoisotopic (exact) mass is 404 g/mol. The Hall–Kier alpha value is -3.28. The summed E-state index contributed by atoms with van der Waals surface area (Å²) in [5, 5.41) is 1.49. The van der Waals surface area contributed by atoms with Crippen molar-refractivity contribution < 1.29 is 9.59 Å². The van der Waals surface area contributed by atoms with Crippen LogP contribution in [-0.2, 0) is 9.59 Å². The molecule has 2 aliphatic heterocycles. The first-order chi connectivity index (χ1) is 14.4. The van der Waals surface area contributed by atoms with Gasteiger partial charge in [0.25, 0.3) is 5.91 Å². The van der Waals surface area contributed by atoms with E-state index >= 15 is 0 Å². The fourth-order valence-corrected chi connectivity index (χ4v) is 4.03. The Kier molecular flexibility index (Phi) is 5.48. The summed E-state index contributed by atoms with van der Waals surface area (Å²) in [6.07, 6.45) is 1.92. The second-order valence-electron chi connectivity index (χ2n) is 8.02. The molecule has 6 heteroatoms. The third-order valence-corrected chi connectivity index (χ3v) is 5.82. The SMILES string of the molecule is Cc1ccc(C)c(N2CCN(C(=O)C3=CCC(=O)N(c4ccccc4C)N3)CC2)c1. The highest BCUT2D eigenvalue weighted by molar-refractivity contribution is 6.01. The molecule has 0 radical (unpaired) electrons. The van der Waals surface area contributed by atoms with Crippen LogP contribution in [0.5, 0.6) is 0 Å². The number of carbonyl (C=O) groups is 2. The van der Waals surface area contributed by atoms with Crippen molar-refractivity contribution >= 4 is 23.2 Å². The van der Waals surface area contributed by atoms with Gasteiger partial charge in [-0.25, -0.2) is 5.01 Å². The number of para-hydroxylation sites is 1. The highest BCUT2D eigenvalue weighted by Gasteiger charge is 2.29. The predicted molar refractivity (Wildman–Crippen MR) is 119 cm³/mol. The zero-order valence-corrected chi connectivity index (χ0v) is 17.8. The fraction of sp³-hybridized carbons (Fsp3) is 0.333. The van der Waals surface area contributed by atoms with Gasteiger partial charge in [-0.05, 0) is 55.7 Å². The summed E-state index contributed by atoms with van der Waals surface area (Å²) in [6.45, 7) is 9.09. The summed E-state index contributed by atoms with van der Waals surface area (Å²) in [6, 6.07) is 14.2. The summed E-state index contributed by atoms with van der Waals surface area (Å²) in [4.78, 5) is 29.8. The van der Waals surface area contributed by atoms with Gasteiger partial charge in [0, 0.05) is 38.3 Å². The van der Waals surface area contributed by atoms with Crippen molar-refractivity contribution in [3.63, 3.8) is 0 Å². The first-order valence-corrected chi connectivity index (χ1v) is 10.4. The van der Waals surface area contributed by atoms with Crippen molar-refractivity contribution in [2.45, 2.75) is 27.2 Å². The van der Waals surface area contributed by atoms with Gasteiger partial charge in [0.2, 0.25) is 5.91 Å². The largest absolute Gasteiger partial charge is 0.368 e. The average molecular weight is 405 g/mol. The van der Waals surface area contributed by atoms with E-state index < -0.39 is 0 Å². The molecule has 4 rings (SSSR count). The summed E-state index contributed by atoms with van der Waals surface area (Å²) in [5.74, 6) is -0.123. The van der Waals surface area contributed by atoms with Crippen molar-refractivity contribution in [3.8, 4) is 0 Å². The molecule has 2 amide bonds. The van der Waals surface area contributed by atoms with Gasteiger partial charge in [-0.15, -0.1) is 0 Å². The summed E-state index contributed by atoms with van der Waals surface area (Å²) < 4.78 is 0. The van der Waals surface area contributed by atoms with Crippen LogP contribution >= 0.6 is 0 Å². The Labute approximate surface area is 177 Å². The van der Waals surface area contributed by atoms with E-state index in [4.69, 9.17) is 0 Å². The zero-order chi connectivity index (χ0) is 21.3. The number of nitrogens with zero attached hydrogens (tertiary/aromatic N) is 3. The molecule has 2 aromatic carbocycles. The third-order valence-electron chi connectivity index (χ3n) is 5.82. The maximum atomic E-state index is 13.1.